The van der Waals surface area contributed by atoms with Crippen molar-refractivity contribution in [2.45, 2.75) is 38.6 Å². The summed E-state index contributed by atoms with van der Waals surface area (Å²) < 4.78 is 0. The molecular formula is C12H17NS. The highest BCUT2D eigenvalue weighted by atomic mass is 32.1. The van der Waals surface area contributed by atoms with Crippen molar-refractivity contribution in [3.63, 3.8) is 0 Å². The van der Waals surface area contributed by atoms with Crippen LogP contribution >= 0.6 is 11.3 Å². The molecule has 0 bridgehead atoms. The van der Waals surface area contributed by atoms with Gasteiger partial charge in [0.05, 0.1) is 0 Å². The molecule has 1 aromatic rings. The van der Waals surface area contributed by atoms with Crippen molar-refractivity contribution in [2.24, 2.45) is 5.73 Å². The molecule has 1 atom stereocenters. The van der Waals surface area contributed by atoms with Gasteiger partial charge in [0.1, 0.15) is 0 Å². The smallest absolute Gasteiger partial charge is 0.0272 e. The largest absolute Gasteiger partial charge is 0.327 e. The number of hydrogen-bond donors (Lipinski definition) is 1. The first-order valence-electron chi connectivity index (χ1n) is 5.31. The number of thiophene rings is 1. The predicted octanol–water partition coefficient (Wildman–Crippen LogP) is 3.21. The fraction of sp³-hybridized carbons (Fsp3) is 0.500. The Kier molecular flexibility index (Phi) is 3.04. The minimum atomic E-state index is 0.409. The van der Waals surface area contributed by atoms with Crippen LogP contribution in [-0.2, 0) is 6.42 Å². The Bertz CT molecular complexity index is 338. The molecule has 1 aromatic heterocycles. The molecular weight excluding hydrogens is 190 g/mol. The van der Waals surface area contributed by atoms with Gasteiger partial charge in [-0.15, -0.1) is 11.3 Å². The van der Waals surface area contributed by atoms with E-state index < -0.39 is 0 Å². The van der Waals surface area contributed by atoms with Crippen LogP contribution in [0.3, 0.4) is 0 Å². The van der Waals surface area contributed by atoms with Gasteiger partial charge in [0.15, 0.2) is 0 Å². The number of nitrogens with two attached hydrogens (primary N) is 1. The molecule has 1 aliphatic carbocycles. The topological polar surface area (TPSA) is 26.0 Å². The van der Waals surface area contributed by atoms with E-state index in [-0.39, 0.29) is 0 Å². The highest BCUT2D eigenvalue weighted by Crippen LogP contribution is 2.27. The molecule has 2 rings (SSSR count). The Labute approximate surface area is 89.6 Å². The molecule has 2 N–H and O–H groups in total. The highest BCUT2D eigenvalue weighted by Gasteiger charge is 2.14. The van der Waals surface area contributed by atoms with Crippen molar-refractivity contribution < 1.29 is 0 Å². The molecule has 0 aromatic carbocycles. The molecule has 0 saturated heterocycles. The second-order valence-corrected chi connectivity index (χ2v) is 5.16. The second kappa shape index (κ2) is 4.28. The van der Waals surface area contributed by atoms with Crippen LogP contribution in [0.2, 0.25) is 0 Å². The Morgan fingerprint density at radius 1 is 1.57 bits per heavy atom. The first-order chi connectivity index (χ1) is 6.78. The van der Waals surface area contributed by atoms with E-state index in [0.717, 1.165) is 19.3 Å². The minimum absolute atomic E-state index is 0.409. The van der Waals surface area contributed by atoms with Gasteiger partial charge in [0.25, 0.3) is 0 Å². The van der Waals surface area contributed by atoms with Crippen LogP contribution in [0.25, 0.3) is 6.08 Å². The van der Waals surface area contributed by atoms with Crippen LogP contribution in [-0.4, -0.2) is 6.04 Å². The van der Waals surface area contributed by atoms with E-state index in [0.29, 0.717) is 6.04 Å². The lowest BCUT2D eigenvalue weighted by molar-refractivity contribution is 0.711. The number of hydrogen-bond acceptors (Lipinski definition) is 2. The molecule has 1 aliphatic rings. The van der Waals surface area contributed by atoms with Gasteiger partial charge in [0, 0.05) is 15.8 Å². The van der Waals surface area contributed by atoms with E-state index in [2.05, 4.69) is 25.1 Å². The molecule has 0 radical (unpaired) electrons. The molecule has 1 unspecified atom stereocenters. The third-order valence-corrected chi connectivity index (χ3v) is 3.91. The van der Waals surface area contributed by atoms with Crippen LogP contribution in [0.1, 0.15) is 35.9 Å². The standard InChI is InChI=1S/C12H17NS/c1-2-11-5-6-12(14-11)8-9-3-4-10(13)7-9/h5-6,8,10H,2-4,7,13H2,1H3/b9-8-. The third kappa shape index (κ3) is 2.25. The van der Waals surface area contributed by atoms with E-state index in [1.54, 1.807) is 0 Å². The maximum absolute atomic E-state index is 5.87. The molecule has 0 aliphatic heterocycles. The van der Waals surface area contributed by atoms with Gasteiger partial charge in [-0.05, 0) is 43.9 Å². The van der Waals surface area contributed by atoms with Crippen LogP contribution < -0.4 is 5.73 Å². The van der Waals surface area contributed by atoms with Gasteiger partial charge >= 0.3 is 0 Å². The summed E-state index contributed by atoms with van der Waals surface area (Å²) in [5.41, 5.74) is 7.40. The lowest BCUT2D eigenvalue weighted by atomic mass is 10.2. The van der Waals surface area contributed by atoms with Crippen molar-refractivity contribution in [2.75, 3.05) is 0 Å². The Morgan fingerprint density at radius 3 is 3.00 bits per heavy atom. The summed E-state index contributed by atoms with van der Waals surface area (Å²) in [6.45, 7) is 2.20. The molecule has 1 fully saturated rings. The molecule has 76 valence electrons. The van der Waals surface area contributed by atoms with Crippen molar-refractivity contribution in [1.29, 1.82) is 0 Å². The fourth-order valence-corrected chi connectivity index (χ4v) is 2.85. The van der Waals surface area contributed by atoms with Gasteiger partial charge < -0.3 is 5.73 Å². The van der Waals surface area contributed by atoms with Gasteiger partial charge in [-0.25, -0.2) is 0 Å². The van der Waals surface area contributed by atoms with Crippen molar-refractivity contribution in [3.05, 3.63) is 27.5 Å². The summed E-state index contributed by atoms with van der Waals surface area (Å²) in [6.07, 6.45) is 6.93. The molecule has 0 amide bonds. The normalized spacial score (nSPS) is 24.7. The van der Waals surface area contributed by atoms with E-state index >= 15 is 0 Å². The van der Waals surface area contributed by atoms with E-state index in [4.69, 9.17) is 5.73 Å². The summed E-state index contributed by atoms with van der Waals surface area (Å²) in [5.74, 6) is 0. The number of rotatable bonds is 2. The van der Waals surface area contributed by atoms with E-state index in [1.807, 2.05) is 11.3 Å². The van der Waals surface area contributed by atoms with E-state index in [9.17, 15) is 0 Å². The van der Waals surface area contributed by atoms with Crippen molar-refractivity contribution >= 4 is 17.4 Å². The summed E-state index contributed by atoms with van der Waals surface area (Å²) in [5, 5.41) is 0. The minimum Gasteiger partial charge on any atom is -0.327 e. The van der Waals surface area contributed by atoms with Crippen LogP contribution in [0.15, 0.2) is 17.7 Å². The van der Waals surface area contributed by atoms with Crippen molar-refractivity contribution in [1.82, 2.24) is 0 Å². The molecule has 14 heavy (non-hydrogen) atoms. The summed E-state index contributed by atoms with van der Waals surface area (Å²) in [4.78, 5) is 2.87. The average Bonchev–Trinajstić information content (AvgIpc) is 2.76. The van der Waals surface area contributed by atoms with E-state index in [1.165, 1.54) is 21.7 Å². The maximum Gasteiger partial charge on any atom is 0.0272 e. The Morgan fingerprint density at radius 2 is 2.43 bits per heavy atom. The van der Waals surface area contributed by atoms with Crippen LogP contribution in [0.4, 0.5) is 0 Å². The molecule has 1 heterocycles. The van der Waals surface area contributed by atoms with Crippen LogP contribution in [0.5, 0.6) is 0 Å². The zero-order valence-electron chi connectivity index (χ0n) is 8.62. The Balaban J connectivity index is 2.09. The van der Waals surface area contributed by atoms with Gasteiger partial charge in [0.2, 0.25) is 0 Å². The lowest BCUT2D eigenvalue weighted by Gasteiger charge is -1.96. The SMILES string of the molecule is CCc1ccc(/C=C2/CCC(N)C2)s1. The Hall–Kier alpha value is -0.600. The van der Waals surface area contributed by atoms with Gasteiger partial charge in [-0.3, -0.25) is 0 Å². The fourth-order valence-electron chi connectivity index (χ4n) is 1.91. The molecule has 1 nitrogen and oxygen atoms in total. The van der Waals surface area contributed by atoms with Crippen molar-refractivity contribution in [3.8, 4) is 0 Å². The molecule has 2 heteroatoms. The quantitative estimate of drug-likeness (QED) is 0.792. The monoisotopic (exact) mass is 207 g/mol. The molecule has 0 spiro atoms. The second-order valence-electron chi connectivity index (χ2n) is 3.96. The maximum atomic E-state index is 5.87. The summed E-state index contributed by atoms with van der Waals surface area (Å²) in [6, 6.07) is 4.86. The third-order valence-electron chi connectivity index (χ3n) is 2.74. The predicted molar refractivity (Wildman–Crippen MR) is 63.5 cm³/mol. The zero-order chi connectivity index (χ0) is 9.97. The lowest BCUT2D eigenvalue weighted by Crippen LogP contribution is -2.13. The molecule has 1 saturated carbocycles. The number of aryl methyl sites for hydroxylation is 1. The summed E-state index contributed by atoms with van der Waals surface area (Å²) >= 11 is 1.90. The highest BCUT2D eigenvalue weighted by molar-refractivity contribution is 7.12. The average molecular weight is 207 g/mol. The van der Waals surface area contributed by atoms with Gasteiger partial charge in [-0.1, -0.05) is 12.5 Å². The zero-order valence-corrected chi connectivity index (χ0v) is 9.44. The first-order valence-corrected chi connectivity index (χ1v) is 6.13. The van der Waals surface area contributed by atoms with Gasteiger partial charge in [-0.2, -0.15) is 0 Å². The summed E-state index contributed by atoms with van der Waals surface area (Å²) in [7, 11) is 0. The van der Waals surface area contributed by atoms with Crippen LogP contribution in [0, 0.1) is 0 Å². The first kappa shape index (κ1) is 9.94.